The highest BCUT2D eigenvalue weighted by molar-refractivity contribution is 5.76. The van der Waals surface area contributed by atoms with Crippen molar-refractivity contribution in [3.8, 4) is 0 Å². The molecular weight excluding hydrogens is 218 g/mol. The fourth-order valence-corrected chi connectivity index (χ4v) is 1.86. The van der Waals surface area contributed by atoms with Crippen LogP contribution < -0.4 is 5.32 Å². The molecule has 1 aliphatic carbocycles. The molecule has 1 fully saturated rings. The van der Waals surface area contributed by atoms with Crippen LogP contribution >= 0.6 is 0 Å². The van der Waals surface area contributed by atoms with E-state index in [1.54, 1.807) is 7.05 Å². The van der Waals surface area contributed by atoms with Crippen molar-refractivity contribution in [2.24, 2.45) is 0 Å². The summed E-state index contributed by atoms with van der Waals surface area (Å²) in [6.45, 7) is 6.28. The summed E-state index contributed by atoms with van der Waals surface area (Å²) < 4.78 is 11.1. The largest absolute Gasteiger partial charge is 0.461 e. The minimum Gasteiger partial charge on any atom is -0.461 e. The van der Waals surface area contributed by atoms with Gasteiger partial charge in [0, 0.05) is 0 Å². The Hall–Kier alpha value is -0.610. The van der Waals surface area contributed by atoms with Crippen molar-refractivity contribution < 1.29 is 14.3 Å². The first kappa shape index (κ1) is 14.5. The summed E-state index contributed by atoms with van der Waals surface area (Å²) >= 11 is 0. The van der Waals surface area contributed by atoms with Crippen LogP contribution in [0.15, 0.2) is 0 Å². The molecule has 0 bridgehead atoms. The monoisotopic (exact) mass is 243 g/mol. The van der Waals surface area contributed by atoms with Gasteiger partial charge in [-0.05, 0) is 53.5 Å². The molecule has 0 aromatic carbocycles. The molecule has 1 N–H and O–H groups in total. The van der Waals surface area contributed by atoms with Gasteiger partial charge < -0.3 is 14.8 Å². The maximum Gasteiger partial charge on any atom is 0.325 e. The van der Waals surface area contributed by atoms with Crippen LogP contribution in [0.5, 0.6) is 0 Å². The van der Waals surface area contributed by atoms with E-state index < -0.39 is 0 Å². The number of rotatable bonds is 5. The van der Waals surface area contributed by atoms with E-state index in [0.29, 0.717) is 6.61 Å². The molecule has 4 heteroatoms. The highest BCUT2D eigenvalue weighted by Crippen LogP contribution is 2.21. The molecule has 0 aromatic rings. The Balaban J connectivity index is 2.35. The van der Waals surface area contributed by atoms with E-state index in [0.717, 1.165) is 12.8 Å². The lowest BCUT2D eigenvalue weighted by Gasteiger charge is -2.24. The van der Waals surface area contributed by atoms with E-state index in [1.165, 1.54) is 12.8 Å². The first-order valence-electron chi connectivity index (χ1n) is 6.44. The van der Waals surface area contributed by atoms with Gasteiger partial charge in [-0.3, -0.25) is 4.79 Å². The van der Waals surface area contributed by atoms with Crippen LogP contribution in [-0.4, -0.2) is 37.4 Å². The van der Waals surface area contributed by atoms with Gasteiger partial charge in [0.05, 0.1) is 12.2 Å². The molecule has 0 saturated heterocycles. The Bertz CT molecular complexity index is 242. The SMILES string of the molecule is CN[C@@H](COC(C)(C)C)C(=O)OC1CCCC1. The van der Waals surface area contributed by atoms with Crippen molar-refractivity contribution >= 4 is 5.97 Å². The van der Waals surface area contributed by atoms with Crippen molar-refractivity contribution in [1.82, 2.24) is 5.32 Å². The quantitative estimate of drug-likeness (QED) is 0.749. The van der Waals surface area contributed by atoms with Gasteiger partial charge in [-0.1, -0.05) is 0 Å². The van der Waals surface area contributed by atoms with Crippen LogP contribution in [0.2, 0.25) is 0 Å². The molecule has 0 spiro atoms. The van der Waals surface area contributed by atoms with Crippen molar-refractivity contribution in [1.29, 1.82) is 0 Å². The molecule has 1 aliphatic rings. The Morgan fingerprint density at radius 2 is 1.94 bits per heavy atom. The third kappa shape index (κ3) is 5.50. The normalized spacial score (nSPS) is 19.3. The van der Waals surface area contributed by atoms with Gasteiger partial charge in [0.25, 0.3) is 0 Å². The van der Waals surface area contributed by atoms with Gasteiger partial charge in [-0.15, -0.1) is 0 Å². The van der Waals surface area contributed by atoms with Crippen LogP contribution in [0.3, 0.4) is 0 Å². The standard InChI is InChI=1S/C13H25NO3/c1-13(2,3)16-9-11(14-4)12(15)17-10-7-5-6-8-10/h10-11,14H,5-9H2,1-4H3/t11-/m0/s1. The number of hydrogen-bond acceptors (Lipinski definition) is 4. The Morgan fingerprint density at radius 1 is 1.35 bits per heavy atom. The predicted molar refractivity (Wildman–Crippen MR) is 66.9 cm³/mol. The number of likely N-dealkylation sites (N-methyl/N-ethyl adjacent to an activating group) is 1. The topological polar surface area (TPSA) is 47.6 Å². The zero-order valence-corrected chi connectivity index (χ0v) is 11.4. The van der Waals surface area contributed by atoms with Crippen molar-refractivity contribution in [2.75, 3.05) is 13.7 Å². The average molecular weight is 243 g/mol. The zero-order valence-electron chi connectivity index (χ0n) is 11.4. The molecule has 1 rings (SSSR count). The smallest absolute Gasteiger partial charge is 0.325 e. The van der Waals surface area contributed by atoms with Crippen LogP contribution in [0.25, 0.3) is 0 Å². The van der Waals surface area contributed by atoms with Crippen LogP contribution in [0.1, 0.15) is 46.5 Å². The van der Waals surface area contributed by atoms with Gasteiger partial charge in [0.2, 0.25) is 0 Å². The fraction of sp³-hybridized carbons (Fsp3) is 0.923. The maximum atomic E-state index is 11.9. The highest BCUT2D eigenvalue weighted by Gasteiger charge is 2.26. The molecule has 0 radical (unpaired) electrons. The third-order valence-electron chi connectivity index (χ3n) is 2.90. The van der Waals surface area contributed by atoms with E-state index >= 15 is 0 Å². The lowest BCUT2D eigenvalue weighted by molar-refractivity contribution is -0.154. The van der Waals surface area contributed by atoms with Gasteiger partial charge >= 0.3 is 5.97 Å². The molecule has 0 amide bonds. The van der Waals surface area contributed by atoms with Crippen molar-refractivity contribution in [3.63, 3.8) is 0 Å². The number of carbonyl (C=O) groups is 1. The number of ether oxygens (including phenoxy) is 2. The van der Waals surface area contributed by atoms with Gasteiger partial charge in [0.1, 0.15) is 12.1 Å². The van der Waals surface area contributed by atoms with E-state index in [-0.39, 0.29) is 23.7 Å². The van der Waals surface area contributed by atoms with E-state index in [4.69, 9.17) is 9.47 Å². The fourth-order valence-electron chi connectivity index (χ4n) is 1.86. The second-order valence-electron chi connectivity index (χ2n) is 5.61. The first-order valence-corrected chi connectivity index (χ1v) is 6.44. The van der Waals surface area contributed by atoms with Crippen LogP contribution in [-0.2, 0) is 14.3 Å². The molecule has 4 nitrogen and oxygen atoms in total. The summed E-state index contributed by atoms with van der Waals surface area (Å²) in [6.07, 6.45) is 4.46. The van der Waals surface area contributed by atoms with Crippen molar-refractivity contribution in [3.05, 3.63) is 0 Å². The number of hydrogen-bond donors (Lipinski definition) is 1. The summed E-state index contributed by atoms with van der Waals surface area (Å²) in [6, 6.07) is -0.366. The lowest BCUT2D eigenvalue weighted by Crippen LogP contribution is -2.42. The lowest BCUT2D eigenvalue weighted by atomic mass is 10.2. The minimum atomic E-state index is -0.366. The molecule has 0 aliphatic heterocycles. The molecule has 0 unspecified atom stereocenters. The van der Waals surface area contributed by atoms with E-state index in [1.807, 2.05) is 20.8 Å². The first-order chi connectivity index (χ1) is 7.92. The molecule has 1 saturated carbocycles. The zero-order chi connectivity index (χ0) is 12.9. The summed E-state index contributed by atoms with van der Waals surface area (Å²) in [4.78, 5) is 11.9. The van der Waals surface area contributed by atoms with Gasteiger partial charge in [0.15, 0.2) is 0 Å². The maximum absolute atomic E-state index is 11.9. The molecular formula is C13H25NO3. The minimum absolute atomic E-state index is 0.119. The number of carbonyl (C=O) groups excluding carboxylic acids is 1. The van der Waals surface area contributed by atoms with Gasteiger partial charge in [-0.2, -0.15) is 0 Å². The number of nitrogens with one attached hydrogen (secondary N) is 1. The second kappa shape index (κ2) is 6.36. The molecule has 100 valence electrons. The summed E-state index contributed by atoms with van der Waals surface area (Å²) in [5, 5.41) is 2.95. The summed E-state index contributed by atoms with van der Waals surface area (Å²) in [7, 11) is 1.76. The average Bonchev–Trinajstić information content (AvgIpc) is 2.69. The van der Waals surface area contributed by atoms with Gasteiger partial charge in [-0.25, -0.2) is 0 Å². The molecule has 0 heterocycles. The number of esters is 1. The highest BCUT2D eigenvalue weighted by atomic mass is 16.6. The Morgan fingerprint density at radius 3 is 2.41 bits per heavy atom. The Kier molecular flexibility index (Phi) is 5.40. The molecule has 1 atom stereocenters. The second-order valence-corrected chi connectivity index (χ2v) is 5.61. The predicted octanol–water partition coefficient (Wildman–Crippen LogP) is 1.88. The summed E-state index contributed by atoms with van der Waals surface area (Å²) in [5.41, 5.74) is -0.233. The molecule has 17 heavy (non-hydrogen) atoms. The van der Waals surface area contributed by atoms with E-state index in [9.17, 15) is 4.79 Å². The van der Waals surface area contributed by atoms with Crippen LogP contribution in [0.4, 0.5) is 0 Å². The Labute approximate surface area is 104 Å². The molecule has 0 aromatic heterocycles. The van der Waals surface area contributed by atoms with Crippen molar-refractivity contribution in [2.45, 2.75) is 64.2 Å². The van der Waals surface area contributed by atoms with Crippen LogP contribution in [0, 0.1) is 0 Å². The third-order valence-corrected chi connectivity index (χ3v) is 2.90. The van der Waals surface area contributed by atoms with E-state index in [2.05, 4.69) is 5.32 Å². The summed E-state index contributed by atoms with van der Waals surface area (Å²) in [5.74, 6) is -0.191.